The van der Waals surface area contributed by atoms with E-state index in [0.29, 0.717) is 36.6 Å². The van der Waals surface area contributed by atoms with Gasteiger partial charge in [0.15, 0.2) is 11.5 Å². The molecule has 0 aromatic heterocycles. The summed E-state index contributed by atoms with van der Waals surface area (Å²) in [4.78, 5) is 29.8. The molecule has 198 valence electrons. The molecule has 9 heteroatoms. The Morgan fingerprint density at radius 3 is 2.68 bits per heavy atom. The van der Waals surface area contributed by atoms with Crippen LogP contribution in [-0.4, -0.2) is 72.4 Å². The maximum Gasteiger partial charge on any atom is 0.258 e. The third-order valence-electron chi connectivity index (χ3n) is 7.26. The normalized spacial score (nSPS) is 21.6. The predicted molar refractivity (Wildman–Crippen MR) is 138 cm³/mol. The number of ether oxygens (including phenoxy) is 3. The van der Waals surface area contributed by atoms with Gasteiger partial charge in [-0.2, -0.15) is 0 Å². The van der Waals surface area contributed by atoms with Gasteiger partial charge in [0.25, 0.3) is 5.91 Å². The molecule has 2 aromatic carbocycles. The zero-order valence-electron chi connectivity index (χ0n) is 21.6. The van der Waals surface area contributed by atoms with Crippen LogP contribution in [0.15, 0.2) is 36.4 Å². The molecular weight excluding hydrogens is 474 g/mol. The van der Waals surface area contributed by atoms with Gasteiger partial charge in [-0.15, -0.1) is 0 Å². The number of hydrogen-bond donors (Lipinski definition) is 2. The molecule has 5 rings (SSSR count). The van der Waals surface area contributed by atoms with E-state index < -0.39 is 0 Å². The molecule has 3 aliphatic rings. The van der Waals surface area contributed by atoms with Crippen molar-refractivity contribution in [2.45, 2.75) is 45.4 Å². The first-order valence-corrected chi connectivity index (χ1v) is 12.9. The van der Waals surface area contributed by atoms with E-state index in [0.717, 1.165) is 29.9 Å². The monoisotopic (exact) mass is 509 g/mol. The molecule has 0 bridgehead atoms. The summed E-state index contributed by atoms with van der Waals surface area (Å²) in [6, 6.07) is 10.8. The van der Waals surface area contributed by atoms with Crippen molar-refractivity contribution in [2.24, 2.45) is 11.8 Å². The smallest absolute Gasteiger partial charge is 0.258 e. The molecule has 1 fully saturated rings. The fourth-order valence-corrected chi connectivity index (χ4v) is 4.83. The Morgan fingerprint density at radius 2 is 1.92 bits per heavy atom. The van der Waals surface area contributed by atoms with E-state index in [9.17, 15) is 14.7 Å². The summed E-state index contributed by atoms with van der Waals surface area (Å²) < 4.78 is 17.4. The van der Waals surface area contributed by atoms with Crippen LogP contribution in [0.1, 0.15) is 42.6 Å². The predicted octanol–water partition coefficient (Wildman–Crippen LogP) is 3.12. The molecule has 1 saturated carbocycles. The van der Waals surface area contributed by atoms with Gasteiger partial charge in [-0.05, 0) is 62.7 Å². The van der Waals surface area contributed by atoms with Gasteiger partial charge < -0.3 is 29.5 Å². The number of aliphatic hydroxyl groups excluding tert-OH is 1. The van der Waals surface area contributed by atoms with E-state index in [2.05, 4.69) is 17.1 Å². The number of hydrogen-bond acceptors (Lipinski definition) is 7. The molecule has 2 N–H and O–H groups in total. The first kappa shape index (κ1) is 25.4. The molecule has 2 aromatic rings. The van der Waals surface area contributed by atoms with Gasteiger partial charge in [0.05, 0.1) is 18.2 Å². The quantitative estimate of drug-likeness (QED) is 0.564. The Balaban J connectivity index is 1.36. The lowest BCUT2D eigenvalue weighted by atomic mass is 9.99. The highest BCUT2D eigenvalue weighted by atomic mass is 16.7. The third kappa shape index (κ3) is 5.67. The lowest BCUT2D eigenvalue weighted by Gasteiger charge is -2.38. The SMILES string of the molecule is C[C@@H]1CN([C@@H](C)CO)C(=O)c2cc(NC(=O)C3CC3)ccc2O[C@@H]1CN(C)Cc1ccc2c(c1)OCO2. The van der Waals surface area contributed by atoms with Crippen molar-refractivity contribution >= 4 is 17.5 Å². The average molecular weight is 510 g/mol. The van der Waals surface area contributed by atoms with Crippen LogP contribution in [0.4, 0.5) is 5.69 Å². The van der Waals surface area contributed by atoms with Gasteiger partial charge in [0.1, 0.15) is 11.9 Å². The zero-order chi connectivity index (χ0) is 26.1. The van der Waals surface area contributed by atoms with Crippen molar-refractivity contribution in [1.29, 1.82) is 0 Å². The number of likely N-dealkylation sites (N-methyl/N-ethyl adjacent to an activating group) is 1. The maximum absolute atomic E-state index is 13.6. The highest BCUT2D eigenvalue weighted by Crippen LogP contribution is 2.34. The standard InChI is InChI=1S/C28H35N3O6/c1-17-12-31(18(2)15-32)28(34)22-11-21(29-27(33)20-5-6-20)7-9-23(22)37-26(17)14-30(3)13-19-4-8-24-25(10-19)36-16-35-24/h4,7-11,17-18,20,26,32H,5-6,12-16H2,1-3H3,(H,29,33)/t17-,18+,26-/m1/s1. The van der Waals surface area contributed by atoms with Crippen molar-refractivity contribution in [3.8, 4) is 17.2 Å². The van der Waals surface area contributed by atoms with Crippen LogP contribution in [-0.2, 0) is 11.3 Å². The van der Waals surface area contributed by atoms with Gasteiger partial charge in [-0.3, -0.25) is 14.5 Å². The van der Waals surface area contributed by atoms with Crippen LogP contribution >= 0.6 is 0 Å². The molecule has 0 unspecified atom stereocenters. The molecule has 37 heavy (non-hydrogen) atoms. The molecule has 2 amide bonds. The summed E-state index contributed by atoms with van der Waals surface area (Å²) in [5, 5.41) is 12.8. The van der Waals surface area contributed by atoms with E-state index in [1.807, 2.05) is 32.2 Å². The van der Waals surface area contributed by atoms with Crippen LogP contribution in [0.5, 0.6) is 17.2 Å². The summed E-state index contributed by atoms with van der Waals surface area (Å²) in [5.74, 6) is 1.85. The fraction of sp³-hybridized carbons (Fsp3) is 0.500. The van der Waals surface area contributed by atoms with Crippen LogP contribution < -0.4 is 19.5 Å². The number of amides is 2. The second-order valence-electron chi connectivity index (χ2n) is 10.5. The summed E-state index contributed by atoms with van der Waals surface area (Å²) in [6.07, 6.45) is 1.60. The number of carbonyl (C=O) groups excluding carboxylic acids is 2. The number of aliphatic hydroxyl groups is 1. The summed E-state index contributed by atoms with van der Waals surface area (Å²) in [7, 11) is 2.04. The number of carbonyl (C=O) groups is 2. The number of nitrogens with zero attached hydrogens (tertiary/aromatic N) is 2. The van der Waals surface area contributed by atoms with E-state index >= 15 is 0 Å². The van der Waals surface area contributed by atoms with Crippen molar-refractivity contribution in [1.82, 2.24) is 9.80 Å². The maximum atomic E-state index is 13.6. The van der Waals surface area contributed by atoms with Crippen molar-refractivity contribution in [2.75, 3.05) is 38.9 Å². The van der Waals surface area contributed by atoms with E-state index in [1.54, 1.807) is 23.1 Å². The second-order valence-corrected chi connectivity index (χ2v) is 10.5. The van der Waals surface area contributed by atoms with Gasteiger partial charge in [-0.25, -0.2) is 0 Å². The molecule has 0 spiro atoms. The summed E-state index contributed by atoms with van der Waals surface area (Å²) in [5.41, 5.74) is 2.07. The molecule has 0 saturated heterocycles. The van der Waals surface area contributed by atoms with Crippen molar-refractivity contribution in [3.63, 3.8) is 0 Å². The van der Waals surface area contributed by atoms with Crippen molar-refractivity contribution < 1.29 is 28.9 Å². The van der Waals surface area contributed by atoms with Crippen LogP contribution in [0, 0.1) is 11.8 Å². The molecule has 2 heterocycles. The number of nitrogens with one attached hydrogen (secondary N) is 1. The zero-order valence-corrected chi connectivity index (χ0v) is 21.6. The third-order valence-corrected chi connectivity index (χ3v) is 7.26. The van der Waals surface area contributed by atoms with Gasteiger partial charge in [0, 0.05) is 37.2 Å². The second kappa shape index (κ2) is 10.6. The molecule has 0 radical (unpaired) electrons. The molecule has 2 aliphatic heterocycles. The Morgan fingerprint density at radius 1 is 1.16 bits per heavy atom. The van der Waals surface area contributed by atoms with Crippen LogP contribution in [0.3, 0.4) is 0 Å². The van der Waals surface area contributed by atoms with Crippen molar-refractivity contribution in [3.05, 3.63) is 47.5 Å². The Labute approximate surface area is 217 Å². The number of fused-ring (bicyclic) bond motifs is 2. The number of anilines is 1. The Kier molecular flexibility index (Phi) is 7.26. The fourth-order valence-electron chi connectivity index (χ4n) is 4.83. The lowest BCUT2D eigenvalue weighted by Crippen LogP contribution is -2.49. The molecule has 1 aliphatic carbocycles. The minimum absolute atomic E-state index is 0.0135. The topological polar surface area (TPSA) is 101 Å². The summed E-state index contributed by atoms with van der Waals surface area (Å²) in [6.45, 7) is 5.78. The van der Waals surface area contributed by atoms with Gasteiger partial charge in [0.2, 0.25) is 12.7 Å². The average Bonchev–Trinajstić information content (AvgIpc) is 3.64. The van der Waals surface area contributed by atoms with E-state index in [4.69, 9.17) is 14.2 Å². The first-order chi connectivity index (χ1) is 17.8. The number of benzene rings is 2. The van der Waals surface area contributed by atoms with E-state index in [-0.39, 0.29) is 49.2 Å². The van der Waals surface area contributed by atoms with E-state index in [1.165, 1.54) is 0 Å². The van der Waals surface area contributed by atoms with Crippen LogP contribution in [0.2, 0.25) is 0 Å². The molecule has 3 atom stereocenters. The Hall–Kier alpha value is -3.30. The van der Waals surface area contributed by atoms with Crippen LogP contribution in [0.25, 0.3) is 0 Å². The minimum Gasteiger partial charge on any atom is -0.488 e. The molecule has 9 nitrogen and oxygen atoms in total. The van der Waals surface area contributed by atoms with Gasteiger partial charge in [-0.1, -0.05) is 13.0 Å². The Bertz CT molecular complexity index is 1170. The van der Waals surface area contributed by atoms with Gasteiger partial charge >= 0.3 is 0 Å². The highest BCUT2D eigenvalue weighted by Gasteiger charge is 2.34. The number of rotatable bonds is 8. The first-order valence-electron chi connectivity index (χ1n) is 12.9. The highest BCUT2D eigenvalue weighted by molar-refractivity contribution is 6.00. The molecular formula is C28H35N3O6. The summed E-state index contributed by atoms with van der Waals surface area (Å²) >= 11 is 0. The lowest BCUT2D eigenvalue weighted by molar-refractivity contribution is -0.117. The minimum atomic E-state index is -0.349. The largest absolute Gasteiger partial charge is 0.488 e.